The Balaban J connectivity index is 2.51. The van der Waals surface area contributed by atoms with Gasteiger partial charge in [0.2, 0.25) is 0 Å². The van der Waals surface area contributed by atoms with Crippen LogP contribution in [0.2, 0.25) is 0 Å². The standard InChI is InChI=1S/C14H23NO3/c1-3-18-14-6-4-13(5-7-14)12-15(8-10-16)9-11-17-2/h4-7,16H,3,8-12H2,1-2H3. The summed E-state index contributed by atoms with van der Waals surface area (Å²) < 4.78 is 10.5. The Morgan fingerprint density at radius 2 is 1.89 bits per heavy atom. The van der Waals surface area contributed by atoms with Gasteiger partial charge >= 0.3 is 0 Å². The van der Waals surface area contributed by atoms with Gasteiger partial charge in [-0.15, -0.1) is 0 Å². The van der Waals surface area contributed by atoms with Crippen molar-refractivity contribution in [3.63, 3.8) is 0 Å². The minimum atomic E-state index is 0.167. The quantitative estimate of drug-likeness (QED) is 0.724. The van der Waals surface area contributed by atoms with Crippen molar-refractivity contribution in [1.82, 2.24) is 4.90 Å². The maximum Gasteiger partial charge on any atom is 0.119 e. The van der Waals surface area contributed by atoms with E-state index in [4.69, 9.17) is 14.6 Å². The maximum atomic E-state index is 9.03. The summed E-state index contributed by atoms with van der Waals surface area (Å²) in [6.07, 6.45) is 0. The summed E-state index contributed by atoms with van der Waals surface area (Å²) in [5, 5.41) is 9.03. The molecule has 0 atom stereocenters. The molecule has 1 rings (SSSR count). The van der Waals surface area contributed by atoms with E-state index in [1.807, 2.05) is 19.1 Å². The highest BCUT2D eigenvalue weighted by molar-refractivity contribution is 5.27. The van der Waals surface area contributed by atoms with Gasteiger partial charge in [0.15, 0.2) is 0 Å². The molecular weight excluding hydrogens is 230 g/mol. The van der Waals surface area contributed by atoms with Crippen molar-refractivity contribution in [2.75, 3.05) is 40.0 Å². The number of hydrogen-bond donors (Lipinski definition) is 1. The van der Waals surface area contributed by atoms with Gasteiger partial charge in [-0.1, -0.05) is 12.1 Å². The number of aliphatic hydroxyl groups is 1. The van der Waals surface area contributed by atoms with E-state index in [0.717, 1.165) is 18.8 Å². The third-order valence-corrected chi connectivity index (χ3v) is 2.67. The molecule has 1 N–H and O–H groups in total. The van der Waals surface area contributed by atoms with Crippen molar-refractivity contribution < 1.29 is 14.6 Å². The average Bonchev–Trinajstić information content (AvgIpc) is 2.39. The molecule has 0 aromatic heterocycles. The zero-order valence-electron chi connectivity index (χ0n) is 11.3. The topological polar surface area (TPSA) is 41.9 Å². The Bertz CT molecular complexity index is 313. The van der Waals surface area contributed by atoms with Crippen LogP contribution in [0, 0.1) is 0 Å². The largest absolute Gasteiger partial charge is 0.494 e. The minimum Gasteiger partial charge on any atom is -0.494 e. The summed E-state index contributed by atoms with van der Waals surface area (Å²) in [6.45, 7) is 5.81. The molecule has 0 aliphatic heterocycles. The summed E-state index contributed by atoms with van der Waals surface area (Å²) >= 11 is 0. The lowest BCUT2D eigenvalue weighted by Gasteiger charge is -2.21. The van der Waals surface area contributed by atoms with Gasteiger partial charge in [-0.3, -0.25) is 4.90 Å². The first-order valence-corrected chi connectivity index (χ1v) is 6.34. The first-order chi connectivity index (χ1) is 8.80. The molecule has 0 saturated heterocycles. The van der Waals surface area contributed by atoms with Crippen molar-refractivity contribution in [2.24, 2.45) is 0 Å². The van der Waals surface area contributed by atoms with Gasteiger partial charge in [0.05, 0.1) is 19.8 Å². The number of benzene rings is 1. The Labute approximate surface area is 109 Å². The van der Waals surface area contributed by atoms with E-state index in [2.05, 4.69) is 17.0 Å². The Kier molecular flexibility index (Phi) is 7.41. The predicted molar refractivity (Wildman–Crippen MR) is 71.8 cm³/mol. The molecule has 0 fully saturated rings. The van der Waals surface area contributed by atoms with Crippen LogP contribution in [0.1, 0.15) is 12.5 Å². The van der Waals surface area contributed by atoms with E-state index in [1.54, 1.807) is 7.11 Å². The van der Waals surface area contributed by atoms with Crippen molar-refractivity contribution >= 4 is 0 Å². The van der Waals surface area contributed by atoms with E-state index < -0.39 is 0 Å². The van der Waals surface area contributed by atoms with Gasteiger partial charge < -0.3 is 14.6 Å². The summed E-state index contributed by atoms with van der Waals surface area (Å²) in [7, 11) is 1.69. The van der Waals surface area contributed by atoms with E-state index in [9.17, 15) is 0 Å². The van der Waals surface area contributed by atoms with Crippen molar-refractivity contribution in [3.8, 4) is 5.75 Å². The Morgan fingerprint density at radius 3 is 2.44 bits per heavy atom. The molecule has 0 amide bonds. The second-order valence-electron chi connectivity index (χ2n) is 4.07. The van der Waals surface area contributed by atoms with Crippen LogP contribution in [0.3, 0.4) is 0 Å². The molecule has 0 spiro atoms. The van der Waals surface area contributed by atoms with Crippen LogP contribution in [0.4, 0.5) is 0 Å². The number of nitrogens with zero attached hydrogens (tertiary/aromatic N) is 1. The molecule has 0 radical (unpaired) electrons. The van der Waals surface area contributed by atoms with E-state index in [0.29, 0.717) is 19.8 Å². The molecule has 0 aliphatic rings. The van der Waals surface area contributed by atoms with Crippen LogP contribution < -0.4 is 4.74 Å². The predicted octanol–water partition coefficient (Wildman–Crippen LogP) is 1.53. The first-order valence-electron chi connectivity index (χ1n) is 6.34. The van der Waals surface area contributed by atoms with Crippen LogP contribution in [-0.2, 0) is 11.3 Å². The summed E-state index contributed by atoms with van der Waals surface area (Å²) in [6, 6.07) is 8.07. The SMILES string of the molecule is CCOc1ccc(CN(CCO)CCOC)cc1. The highest BCUT2D eigenvalue weighted by Crippen LogP contribution is 2.13. The van der Waals surface area contributed by atoms with Crippen molar-refractivity contribution in [1.29, 1.82) is 0 Å². The summed E-state index contributed by atoms with van der Waals surface area (Å²) in [4.78, 5) is 2.17. The smallest absolute Gasteiger partial charge is 0.119 e. The van der Waals surface area contributed by atoms with Crippen LogP contribution in [-0.4, -0.2) is 50.0 Å². The molecule has 1 aromatic rings. The summed E-state index contributed by atoms with van der Waals surface area (Å²) in [5.41, 5.74) is 1.21. The van der Waals surface area contributed by atoms with Gasteiger partial charge in [0, 0.05) is 26.7 Å². The average molecular weight is 253 g/mol. The zero-order valence-corrected chi connectivity index (χ0v) is 11.3. The lowest BCUT2D eigenvalue weighted by molar-refractivity contribution is 0.127. The molecule has 0 unspecified atom stereocenters. The van der Waals surface area contributed by atoms with E-state index >= 15 is 0 Å². The number of ether oxygens (including phenoxy) is 2. The van der Waals surface area contributed by atoms with Gasteiger partial charge in [0.25, 0.3) is 0 Å². The minimum absolute atomic E-state index is 0.167. The highest BCUT2D eigenvalue weighted by Gasteiger charge is 2.05. The fraction of sp³-hybridized carbons (Fsp3) is 0.571. The lowest BCUT2D eigenvalue weighted by Crippen LogP contribution is -2.29. The first kappa shape index (κ1) is 15.0. The van der Waals surface area contributed by atoms with Crippen LogP contribution >= 0.6 is 0 Å². The number of rotatable bonds is 9. The van der Waals surface area contributed by atoms with Gasteiger partial charge in [-0.2, -0.15) is 0 Å². The lowest BCUT2D eigenvalue weighted by atomic mass is 10.2. The summed E-state index contributed by atoms with van der Waals surface area (Å²) in [5.74, 6) is 0.895. The molecule has 0 saturated carbocycles. The number of hydrogen-bond acceptors (Lipinski definition) is 4. The van der Waals surface area contributed by atoms with Gasteiger partial charge in [0.1, 0.15) is 5.75 Å². The second-order valence-corrected chi connectivity index (χ2v) is 4.07. The fourth-order valence-corrected chi connectivity index (χ4v) is 1.75. The molecule has 0 aliphatic carbocycles. The Hall–Kier alpha value is -1.10. The molecule has 0 bridgehead atoms. The van der Waals surface area contributed by atoms with Gasteiger partial charge in [-0.05, 0) is 24.6 Å². The third-order valence-electron chi connectivity index (χ3n) is 2.67. The van der Waals surface area contributed by atoms with Crippen LogP contribution in [0.15, 0.2) is 24.3 Å². The van der Waals surface area contributed by atoms with Crippen molar-refractivity contribution in [3.05, 3.63) is 29.8 Å². The van der Waals surface area contributed by atoms with Gasteiger partial charge in [-0.25, -0.2) is 0 Å². The van der Waals surface area contributed by atoms with E-state index in [1.165, 1.54) is 5.56 Å². The van der Waals surface area contributed by atoms with Crippen LogP contribution in [0.25, 0.3) is 0 Å². The molecule has 1 aromatic carbocycles. The molecule has 4 heteroatoms. The number of methoxy groups -OCH3 is 1. The highest BCUT2D eigenvalue weighted by atomic mass is 16.5. The molecule has 102 valence electrons. The maximum absolute atomic E-state index is 9.03. The van der Waals surface area contributed by atoms with Crippen LogP contribution in [0.5, 0.6) is 5.75 Å². The second kappa shape index (κ2) is 8.91. The van der Waals surface area contributed by atoms with E-state index in [-0.39, 0.29) is 6.61 Å². The molecular formula is C14H23NO3. The Morgan fingerprint density at radius 1 is 1.17 bits per heavy atom. The zero-order chi connectivity index (χ0) is 13.2. The number of aliphatic hydroxyl groups excluding tert-OH is 1. The molecule has 0 heterocycles. The fourth-order valence-electron chi connectivity index (χ4n) is 1.75. The molecule has 18 heavy (non-hydrogen) atoms. The monoisotopic (exact) mass is 253 g/mol. The normalized spacial score (nSPS) is 10.9. The van der Waals surface area contributed by atoms with Crippen molar-refractivity contribution in [2.45, 2.75) is 13.5 Å². The molecule has 4 nitrogen and oxygen atoms in total. The third kappa shape index (κ3) is 5.49.